The standard InChI is InChI=1S/C17H16ClF3N2O2/c1-25-14-7-4-12(15(8-14)17(19,20)21)10-23-16(24)22-9-11-2-5-13(18)6-3-11/h2-8H,9-10H2,1H3,(H2,22,23,24). The fourth-order valence-corrected chi connectivity index (χ4v) is 2.25. The van der Waals surface area contributed by atoms with Crippen molar-refractivity contribution in [3.8, 4) is 5.75 Å². The summed E-state index contributed by atoms with van der Waals surface area (Å²) in [6.45, 7) is -0.0248. The molecule has 0 aliphatic rings. The fraction of sp³-hybridized carbons (Fsp3) is 0.235. The molecule has 0 unspecified atom stereocenters. The van der Waals surface area contributed by atoms with Crippen molar-refractivity contribution in [2.24, 2.45) is 0 Å². The largest absolute Gasteiger partial charge is 0.497 e. The number of halogens is 4. The summed E-state index contributed by atoms with van der Waals surface area (Å²) in [6, 6.07) is 9.88. The molecule has 2 aromatic rings. The van der Waals surface area contributed by atoms with Gasteiger partial charge < -0.3 is 15.4 Å². The molecule has 0 saturated heterocycles. The number of hydrogen-bond donors (Lipinski definition) is 2. The molecule has 0 saturated carbocycles. The van der Waals surface area contributed by atoms with Gasteiger partial charge in [-0.25, -0.2) is 4.79 Å². The van der Waals surface area contributed by atoms with E-state index in [1.165, 1.54) is 19.2 Å². The van der Waals surface area contributed by atoms with E-state index >= 15 is 0 Å². The number of ether oxygens (including phenoxy) is 1. The second-order valence-electron chi connectivity index (χ2n) is 5.18. The summed E-state index contributed by atoms with van der Waals surface area (Å²) in [6.07, 6.45) is -4.54. The van der Waals surface area contributed by atoms with Gasteiger partial charge in [-0.2, -0.15) is 13.2 Å². The molecule has 0 atom stereocenters. The van der Waals surface area contributed by atoms with Crippen LogP contribution in [0.4, 0.5) is 18.0 Å². The second-order valence-corrected chi connectivity index (χ2v) is 5.62. The van der Waals surface area contributed by atoms with Gasteiger partial charge in [0.25, 0.3) is 0 Å². The summed E-state index contributed by atoms with van der Waals surface area (Å²) in [5.74, 6) is 0.100. The van der Waals surface area contributed by atoms with Crippen LogP contribution in [0.3, 0.4) is 0 Å². The lowest BCUT2D eigenvalue weighted by molar-refractivity contribution is -0.138. The summed E-state index contributed by atoms with van der Waals surface area (Å²) >= 11 is 5.76. The molecule has 2 rings (SSSR count). The van der Waals surface area contributed by atoms with Crippen LogP contribution >= 0.6 is 11.6 Å². The zero-order valence-electron chi connectivity index (χ0n) is 13.3. The number of alkyl halides is 3. The monoisotopic (exact) mass is 372 g/mol. The molecular formula is C17H16ClF3N2O2. The average molecular weight is 373 g/mol. The van der Waals surface area contributed by atoms with Gasteiger partial charge in [-0.1, -0.05) is 29.8 Å². The lowest BCUT2D eigenvalue weighted by Gasteiger charge is -2.15. The van der Waals surface area contributed by atoms with E-state index in [1.54, 1.807) is 24.3 Å². The van der Waals surface area contributed by atoms with Crippen molar-refractivity contribution in [1.82, 2.24) is 10.6 Å². The van der Waals surface area contributed by atoms with Crippen LogP contribution in [0.15, 0.2) is 42.5 Å². The van der Waals surface area contributed by atoms with Crippen molar-refractivity contribution in [1.29, 1.82) is 0 Å². The molecule has 25 heavy (non-hydrogen) atoms. The zero-order valence-corrected chi connectivity index (χ0v) is 14.0. The number of carbonyl (C=O) groups excluding carboxylic acids is 1. The molecule has 2 aromatic carbocycles. The number of amides is 2. The molecule has 8 heteroatoms. The van der Waals surface area contributed by atoms with Crippen LogP contribution in [0.25, 0.3) is 0 Å². The second kappa shape index (κ2) is 8.11. The van der Waals surface area contributed by atoms with Gasteiger partial charge in [-0.05, 0) is 35.4 Å². The minimum atomic E-state index is -4.54. The number of methoxy groups -OCH3 is 1. The molecule has 2 amide bonds. The fourth-order valence-electron chi connectivity index (χ4n) is 2.12. The Morgan fingerprint density at radius 3 is 2.32 bits per heavy atom. The molecule has 0 bridgehead atoms. The average Bonchev–Trinajstić information content (AvgIpc) is 2.58. The number of hydrogen-bond acceptors (Lipinski definition) is 2. The molecular weight excluding hydrogens is 357 g/mol. The van der Waals surface area contributed by atoms with Crippen LogP contribution in [-0.2, 0) is 19.3 Å². The molecule has 4 nitrogen and oxygen atoms in total. The number of nitrogens with one attached hydrogen (secondary N) is 2. The molecule has 0 fully saturated rings. The van der Waals surface area contributed by atoms with Crippen molar-refractivity contribution in [3.63, 3.8) is 0 Å². The van der Waals surface area contributed by atoms with Crippen LogP contribution in [0.1, 0.15) is 16.7 Å². The number of rotatable bonds is 5. The lowest BCUT2D eigenvalue weighted by atomic mass is 10.1. The zero-order chi connectivity index (χ0) is 18.4. The smallest absolute Gasteiger partial charge is 0.416 e. The van der Waals surface area contributed by atoms with Gasteiger partial charge in [0.15, 0.2) is 0 Å². The van der Waals surface area contributed by atoms with Gasteiger partial charge >= 0.3 is 12.2 Å². The van der Waals surface area contributed by atoms with Gasteiger partial charge in [0.2, 0.25) is 0 Å². The van der Waals surface area contributed by atoms with Gasteiger partial charge in [0.1, 0.15) is 5.75 Å². The molecule has 0 radical (unpaired) electrons. The predicted octanol–water partition coefficient (Wildman–Crippen LogP) is 4.37. The molecule has 0 spiro atoms. The number of benzene rings is 2. The van der Waals surface area contributed by atoms with Gasteiger partial charge in [0, 0.05) is 18.1 Å². The first-order chi connectivity index (χ1) is 11.8. The Hall–Kier alpha value is -2.41. The van der Waals surface area contributed by atoms with E-state index in [9.17, 15) is 18.0 Å². The van der Waals surface area contributed by atoms with Crippen molar-refractivity contribution >= 4 is 17.6 Å². The lowest BCUT2D eigenvalue weighted by Crippen LogP contribution is -2.35. The van der Waals surface area contributed by atoms with E-state index in [-0.39, 0.29) is 24.4 Å². The maximum Gasteiger partial charge on any atom is 0.416 e. The first-order valence-electron chi connectivity index (χ1n) is 7.30. The van der Waals surface area contributed by atoms with E-state index in [0.717, 1.165) is 11.6 Å². The SMILES string of the molecule is COc1ccc(CNC(=O)NCc2ccc(Cl)cc2)c(C(F)(F)F)c1. The maximum absolute atomic E-state index is 13.1. The van der Waals surface area contributed by atoms with Crippen LogP contribution < -0.4 is 15.4 Å². The Balaban J connectivity index is 1.96. The van der Waals surface area contributed by atoms with Crippen molar-refractivity contribution in [3.05, 3.63) is 64.2 Å². The highest BCUT2D eigenvalue weighted by Crippen LogP contribution is 2.34. The molecule has 0 heterocycles. The van der Waals surface area contributed by atoms with Crippen LogP contribution in [0.2, 0.25) is 5.02 Å². The van der Waals surface area contributed by atoms with E-state index in [0.29, 0.717) is 5.02 Å². The minimum absolute atomic E-state index is 0.0463. The van der Waals surface area contributed by atoms with Crippen molar-refractivity contribution in [2.75, 3.05) is 7.11 Å². The summed E-state index contributed by atoms with van der Waals surface area (Å²) in [5.41, 5.74) is -0.0697. The minimum Gasteiger partial charge on any atom is -0.497 e. The van der Waals surface area contributed by atoms with Crippen LogP contribution in [-0.4, -0.2) is 13.1 Å². The molecule has 0 aliphatic carbocycles. The van der Waals surface area contributed by atoms with Crippen molar-refractivity contribution < 1.29 is 22.7 Å². The predicted molar refractivity (Wildman–Crippen MR) is 88.5 cm³/mol. The first-order valence-corrected chi connectivity index (χ1v) is 7.67. The molecule has 0 aliphatic heterocycles. The Morgan fingerprint density at radius 2 is 1.72 bits per heavy atom. The quantitative estimate of drug-likeness (QED) is 0.819. The highest BCUT2D eigenvalue weighted by atomic mass is 35.5. The van der Waals surface area contributed by atoms with Gasteiger partial charge in [-0.15, -0.1) is 0 Å². The normalized spacial score (nSPS) is 11.1. The van der Waals surface area contributed by atoms with E-state index in [1.807, 2.05) is 0 Å². The first kappa shape index (κ1) is 18.9. The maximum atomic E-state index is 13.1. The molecule has 0 aromatic heterocycles. The van der Waals surface area contributed by atoms with Gasteiger partial charge in [0.05, 0.1) is 12.7 Å². The highest BCUT2D eigenvalue weighted by molar-refractivity contribution is 6.30. The highest BCUT2D eigenvalue weighted by Gasteiger charge is 2.33. The molecule has 2 N–H and O–H groups in total. The summed E-state index contributed by atoms with van der Waals surface area (Å²) < 4.78 is 44.1. The van der Waals surface area contributed by atoms with E-state index < -0.39 is 17.8 Å². The number of carbonyl (C=O) groups is 1. The van der Waals surface area contributed by atoms with Crippen molar-refractivity contribution in [2.45, 2.75) is 19.3 Å². The Kier molecular flexibility index (Phi) is 6.14. The summed E-state index contributed by atoms with van der Waals surface area (Å²) in [5, 5.41) is 5.56. The Bertz CT molecular complexity index is 734. The van der Waals surface area contributed by atoms with E-state index in [4.69, 9.17) is 16.3 Å². The molecule has 134 valence electrons. The third-order valence-corrected chi connectivity index (χ3v) is 3.68. The Morgan fingerprint density at radius 1 is 1.08 bits per heavy atom. The third kappa shape index (κ3) is 5.56. The summed E-state index contributed by atoms with van der Waals surface area (Å²) in [4.78, 5) is 11.8. The number of urea groups is 1. The Labute approximate surface area is 147 Å². The summed E-state index contributed by atoms with van der Waals surface area (Å²) in [7, 11) is 1.29. The van der Waals surface area contributed by atoms with E-state index in [2.05, 4.69) is 10.6 Å². The third-order valence-electron chi connectivity index (χ3n) is 3.43. The van der Waals surface area contributed by atoms with Gasteiger partial charge in [-0.3, -0.25) is 0 Å². The van der Waals surface area contributed by atoms with Crippen LogP contribution in [0.5, 0.6) is 5.75 Å². The topological polar surface area (TPSA) is 50.4 Å². The van der Waals surface area contributed by atoms with Crippen LogP contribution in [0, 0.1) is 0 Å².